The van der Waals surface area contributed by atoms with E-state index in [2.05, 4.69) is 10.2 Å². The van der Waals surface area contributed by atoms with Crippen LogP contribution in [0.1, 0.15) is 5.56 Å². The van der Waals surface area contributed by atoms with Crippen LogP contribution in [-0.4, -0.2) is 14.6 Å². The van der Waals surface area contributed by atoms with Gasteiger partial charge in [-0.05, 0) is 36.8 Å². The van der Waals surface area contributed by atoms with Gasteiger partial charge in [0, 0.05) is 6.20 Å². The number of fused-ring (bicyclic) bond motifs is 1. The molecule has 0 saturated heterocycles. The summed E-state index contributed by atoms with van der Waals surface area (Å²) < 4.78 is 1.83. The fourth-order valence-corrected chi connectivity index (χ4v) is 2.36. The van der Waals surface area contributed by atoms with Crippen LogP contribution >= 0.6 is 23.2 Å². The highest BCUT2D eigenvalue weighted by Gasteiger charge is 2.16. The molecule has 0 aliphatic heterocycles. The lowest BCUT2D eigenvalue weighted by atomic mass is 10.1. The zero-order valence-corrected chi connectivity index (χ0v) is 11.6. The summed E-state index contributed by atoms with van der Waals surface area (Å²) in [6.07, 6.45) is 1.89. The second kappa shape index (κ2) is 4.40. The largest absolute Gasteiger partial charge is 0.397 e. The van der Waals surface area contributed by atoms with Crippen molar-refractivity contribution in [3.05, 3.63) is 46.1 Å². The SMILES string of the molecule is Cc1ccn2c(-c3c(Cl)ccc(Cl)c3N)nnc2c1. The molecule has 3 rings (SSSR count). The topological polar surface area (TPSA) is 56.2 Å². The van der Waals surface area contributed by atoms with Gasteiger partial charge in [0.1, 0.15) is 0 Å². The van der Waals surface area contributed by atoms with Crippen molar-refractivity contribution in [1.82, 2.24) is 14.6 Å². The lowest BCUT2D eigenvalue weighted by molar-refractivity contribution is 1.11. The third-order valence-electron chi connectivity index (χ3n) is 2.93. The quantitative estimate of drug-likeness (QED) is 0.697. The zero-order chi connectivity index (χ0) is 13.6. The molecule has 96 valence electrons. The molecule has 2 N–H and O–H groups in total. The van der Waals surface area contributed by atoms with Gasteiger partial charge in [0.25, 0.3) is 0 Å². The van der Waals surface area contributed by atoms with Crippen molar-refractivity contribution in [2.45, 2.75) is 6.92 Å². The van der Waals surface area contributed by atoms with Gasteiger partial charge in [-0.15, -0.1) is 10.2 Å². The molecule has 2 aromatic heterocycles. The van der Waals surface area contributed by atoms with Crippen molar-refractivity contribution >= 4 is 34.5 Å². The Balaban J connectivity index is 2.34. The van der Waals surface area contributed by atoms with E-state index in [0.29, 0.717) is 27.1 Å². The predicted molar refractivity (Wildman–Crippen MR) is 77.6 cm³/mol. The third kappa shape index (κ3) is 1.93. The van der Waals surface area contributed by atoms with Gasteiger partial charge in [-0.2, -0.15) is 0 Å². The van der Waals surface area contributed by atoms with Gasteiger partial charge in [0.05, 0.1) is 21.3 Å². The van der Waals surface area contributed by atoms with Crippen molar-refractivity contribution in [2.75, 3.05) is 5.73 Å². The summed E-state index contributed by atoms with van der Waals surface area (Å²) in [6, 6.07) is 7.26. The Labute approximate surface area is 119 Å². The lowest BCUT2D eigenvalue weighted by Crippen LogP contribution is -1.96. The van der Waals surface area contributed by atoms with Crippen molar-refractivity contribution in [1.29, 1.82) is 0 Å². The Morgan fingerprint density at radius 2 is 1.84 bits per heavy atom. The number of rotatable bonds is 1. The molecule has 0 amide bonds. The monoisotopic (exact) mass is 292 g/mol. The molecule has 4 nitrogen and oxygen atoms in total. The van der Waals surface area contributed by atoms with Gasteiger partial charge in [-0.25, -0.2) is 0 Å². The fourth-order valence-electron chi connectivity index (χ4n) is 1.96. The van der Waals surface area contributed by atoms with Crippen LogP contribution in [-0.2, 0) is 0 Å². The Hall–Kier alpha value is -1.78. The van der Waals surface area contributed by atoms with Crippen LogP contribution in [0.25, 0.3) is 17.0 Å². The zero-order valence-electron chi connectivity index (χ0n) is 10.1. The summed E-state index contributed by atoms with van der Waals surface area (Å²) in [6.45, 7) is 2.00. The Morgan fingerprint density at radius 1 is 1.11 bits per heavy atom. The summed E-state index contributed by atoms with van der Waals surface area (Å²) in [7, 11) is 0. The maximum Gasteiger partial charge on any atom is 0.172 e. The Bertz CT molecular complexity index is 780. The Morgan fingerprint density at radius 3 is 2.63 bits per heavy atom. The average Bonchev–Trinajstić information content (AvgIpc) is 2.77. The van der Waals surface area contributed by atoms with Gasteiger partial charge in [0.15, 0.2) is 11.5 Å². The molecule has 0 unspecified atom stereocenters. The minimum absolute atomic E-state index is 0.407. The number of benzene rings is 1. The van der Waals surface area contributed by atoms with E-state index in [1.165, 1.54) is 0 Å². The van der Waals surface area contributed by atoms with E-state index < -0.39 is 0 Å². The molecule has 1 aromatic carbocycles. The van der Waals surface area contributed by atoms with E-state index in [1.807, 2.05) is 29.7 Å². The molecule has 0 bridgehead atoms. The maximum atomic E-state index is 6.20. The minimum atomic E-state index is 0.407. The number of anilines is 1. The van der Waals surface area contributed by atoms with Crippen LogP contribution in [0.5, 0.6) is 0 Å². The summed E-state index contributed by atoms with van der Waals surface area (Å²) in [5.74, 6) is 0.583. The van der Waals surface area contributed by atoms with Gasteiger partial charge in [-0.1, -0.05) is 23.2 Å². The van der Waals surface area contributed by atoms with E-state index in [0.717, 1.165) is 11.2 Å². The van der Waals surface area contributed by atoms with E-state index in [4.69, 9.17) is 28.9 Å². The standard InChI is InChI=1S/C13H10Cl2N4/c1-7-4-5-19-10(6-7)17-18-13(19)11-8(14)2-3-9(15)12(11)16/h2-6H,16H2,1H3. The van der Waals surface area contributed by atoms with Crippen molar-refractivity contribution in [2.24, 2.45) is 0 Å². The summed E-state index contributed by atoms with van der Waals surface area (Å²) in [5, 5.41) is 9.23. The normalized spacial score (nSPS) is 11.1. The molecule has 19 heavy (non-hydrogen) atoms. The molecule has 3 aromatic rings. The number of halogens is 2. The fraction of sp³-hybridized carbons (Fsp3) is 0.0769. The van der Waals surface area contributed by atoms with Crippen molar-refractivity contribution in [3.63, 3.8) is 0 Å². The number of nitrogens with zero attached hydrogens (tertiary/aromatic N) is 3. The Kier molecular flexibility index (Phi) is 2.84. The lowest BCUT2D eigenvalue weighted by Gasteiger charge is -2.08. The molecule has 6 heteroatoms. The first kappa shape index (κ1) is 12.3. The molecule has 0 saturated carbocycles. The molecule has 2 heterocycles. The van der Waals surface area contributed by atoms with E-state index in [9.17, 15) is 0 Å². The highest BCUT2D eigenvalue weighted by atomic mass is 35.5. The average molecular weight is 293 g/mol. The van der Waals surface area contributed by atoms with Crippen LogP contribution in [0.4, 0.5) is 5.69 Å². The second-order valence-corrected chi connectivity index (χ2v) is 5.09. The summed E-state index contributed by atoms with van der Waals surface area (Å²) in [4.78, 5) is 0. The van der Waals surface area contributed by atoms with Crippen LogP contribution in [0, 0.1) is 6.92 Å². The second-order valence-electron chi connectivity index (χ2n) is 4.27. The van der Waals surface area contributed by atoms with E-state index >= 15 is 0 Å². The highest BCUT2D eigenvalue weighted by molar-refractivity contribution is 6.37. The molecule has 0 atom stereocenters. The number of nitrogens with two attached hydrogens (primary N) is 1. The summed E-state index contributed by atoms with van der Waals surface area (Å²) >= 11 is 12.2. The number of aromatic nitrogens is 3. The van der Waals surface area contributed by atoms with Crippen LogP contribution < -0.4 is 5.73 Å². The third-order valence-corrected chi connectivity index (χ3v) is 3.58. The molecule has 0 fully saturated rings. The molecular weight excluding hydrogens is 283 g/mol. The molecule has 0 aliphatic carbocycles. The smallest absolute Gasteiger partial charge is 0.172 e. The van der Waals surface area contributed by atoms with E-state index in [-0.39, 0.29) is 0 Å². The first-order valence-electron chi connectivity index (χ1n) is 5.63. The van der Waals surface area contributed by atoms with Gasteiger partial charge >= 0.3 is 0 Å². The number of aryl methyl sites for hydroxylation is 1. The first-order valence-corrected chi connectivity index (χ1v) is 6.39. The molecular formula is C13H10Cl2N4. The molecule has 0 radical (unpaired) electrons. The maximum absolute atomic E-state index is 6.20. The van der Waals surface area contributed by atoms with Crippen molar-refractivity contribution < 1.29 is 0 Å². The molecule has 0 spiro atoms. The van der Waals surface area contributed by atoms with Gasteiger partial charge in [0.2, 0.25) is 0 Å². The number of hydrogen-bond acceptors (Lipinski definition) is 3. The van der Waals surface area contributed by atoms with Crippen LogP contribution in [0.3, 0.4) is 0 Å². The van der Waals surface area contributed by atoms with Crippen molar-refractivity contribution in [3.8, 4) is 11.4 Å². The number of hydrogen-bond donors (Lipinski definition) is 1. The highest BCUT2D eigenvalue weighted by Crippen LogP contribution is 2.36. The van der Waals surface area contributed by atoms with Gasteiger partial charge in [-0.3, -0.25) is 4.40 Å². The predicted octanol–water partition coefficient (Wildman–Crippen LogP) is 3.59. The number of pyridine rings is 1. The number of nitrogen functional groups attached to an aromatic ring is 1. The van der Waals surface area contributed by atoms with Gasteiger partial charge < -0.3 is 5.73 Å². The van der Waals surface area contributed by atoms with Crippen LogP contribution in [0.15, 0.2) is 30.5 Å². The molecule has 0 aliphatic rings. The van der Waals surface area contributed by atoms with E-state index in [1.54, 1.807) is 12.1 Å². The minimum Gasteiger partial charge on any atom is -0.397 e. The summed E-state index contributed by atoms with van der Waals surface area (Å²) in [5.41, 5.74) is 8.86. The first-order chi connectivity index (χ1) is 9.08. The van der Waals surface area contributed by atoms with Crippen LogP contribution in [0.2, 0.25) is 10.0 Å².